The summed E-state index contributed by atoms with van der Waals surface area (Å²) in [5, 5.41) is 0. The molecule has 0 spiro atoms. The maximum atomic E-state index is 5.44. The van der Waals surface area contributed by atoms with Crippen LogP contribution in [0, 0.1) is 0 Å². The molecule has 1 aromatic heterocycles. The third kappa shape index (κ3) is 5.19. The van der Waals surface area contributed by atoms with Crippen LogP contribution in [0.2, 0.25) is 0 Å². The molecule has 4 heteroatoms. The van der Waals surface area contributed by atoms with Crippen molar-refractivity contribution in [3.8, 4) is 0 Å². The first-order valence-corrected chi connectivity index (χ1v) is 6.06. The van der Waals surface area contributed by atoms with E-state index in [2.05, 4.69) is 9.97 Å². The van der Waals surface area contributed by atoms with Crippen molar-refractivity contribution >= 4 is 0 Å². The van der Waals surface area contributed by atoms with Crippen molar-refractivity contribution in [3.05, 3.63) is 23.8 Å². The molecule has 1 heterocycles. The van der Waals surface area contributed by atoms with E-state index in [-0.39, 0.29) is 0 Å². The molecule has 0 bridgehead atoms. The summed E-state index contributed by atoms with van der Waals surface area (Å²) in [6, 6.07) is 0. The van der Waals surface area contributed by atoms with Crippen LogP contribution in [-0.2, 0) is 12.8 Å². The van der Waals surface area contributed by atoms with E-state index in [4.69, 9.17) is 11.5 Å². The molecule has 0 fully saturated rings. The van der Waals surface area contributed by atoms with Gasteiger partial charge in [-0.15, -0.1) is 0 Å². The summed E-state index contributed by atoms with van der Waals surface area (Å²) in [6.45, 7) is 1.51. The largest absolute Gasteiger partial charge is 0.330 e. The fourth-order valence-corrected chi connectivity index (χ4v) is 1.54. The Labute approximate surface area is 97.5 Å². The molecule has 0 saturated heterocycles. The lowest BCUT2D eigenvalue weighted by atomic mass is 10.2. The first-order chi connectivity index (χ1) is 7.86. The summed E-state index contributed by atoms with van der Waals surface area (Å²) in [7, 11) is 0. The van der Waals surface area contributed by atoms with E-state index in [9.17, 15) is 0 Å². The van der Waals surface area contributed by atoms with Crippen LogP contribution in [0.5, 0.6) is 0 Å². The molecule has 0 saturated carbocycles. The van der Waals surface area contributed by atoms with E-state index >= 15 is 0 Å². The van der Waals surface area contributed by atoms with Crippen LogP contribution in [0.3, 0.4) is 0 Å². The Bertz CT molecular complexity index is 242. The summed E-state index contributed by atoms with van der Waals surface area (Å²) in [6.07, 6.45) is 10.0. The minimum absolute atomic E-state index is 0.755. The number of unbranched alkanes of at least 4 members (excludes halogenated alkanes) is 2. The smallest absolute Gasteiger partial charge is 0.0586 e. The lowest BCUT2D eigenvalue weighted by molar-refractivity contribution is 0.712. The highest BCUT2D eigenvalue weighted by Gasteiger charge is 1.98. The van der Waals surface area contributed by atoms with Gasteiger partial charge in [-0.2, -0.15) is 0 Å². The lowest BCUT2D eigenvalue weighted by Gasteiger charge is -2.02. The predicted molar refractivity (Wildman–Crippen MR) is 66.0 cm³/mol. The van der Waals surface area contributed by atoms with Crippen molar-refractivity contribution in [1.29, 1.82) is 0 Å². The van der Waals surface area contributed by atoms with Crippen LogP contribution in [0.1, 0.15) is 37.1 Å². The maximum absolute atomic E-state index is 5.44. The highest BCUT2D eigenvalue weighted by atomic mass is 14.8. The molecule has 1 aromatic rings. The Morgan fingerprint density at radius 3 is 1.50 bits per heavy atom. The molecule has 1 rings (SSSR count). The van der Waals surface area contributed by atoms with Gasteiger partial charge in [0.05, 0.1) is 11.4 Å². The van der Waals surface area contributed by atoms with Gasteiger partial charge in [-0.25, -0.2) is 0 Å². The SMILES string of the molecule is NCCCCc1cnc(CCCCN)cn1. The molecular formula is C12H22N4. The van der Waals surface area contributed by atoms with Gasteiger partial charge in [-0.3, -0.25) is 9.97 Å². The zero-order chi connectivity index (χ0) is 11.6. The quantitative estimate of drug-likeness (QED) is 0.644. The van der Waals surface area contributed by atoms with E-state index in [1.807, 2.05) is 12.4 Å². The van der Waals surface area contributed by atoms with Crippen LogP contribution < -0.4 is 11.5 Å². The summed E-state index contributed by atoms with van der Waals surface area (Å²) < 4.78 is 0. The third-order valence-electron chi connectivity index (χ3n) is 2.53. The van der Waals surface area contributed by atoms with Crippen LogP contribution in [0.4, 0.5) is 0 Å². The highest BCUT2D eigenvalue weighted by molar-refractivity contribution is 5.02. The van der Waals surface area contributed by atoms with Crippen molar-refractivity contribution in [2.45, 2.75) is 38.5 Å². The zero-order valence-electron chi connectivity index (χ0n) is 9.86. The highest BCUT2D eigenvalue weighted by Crippen LogP contribution is 2.03. The molecule has 4 nitrogen and oxygen atoms in total. The van der Waals surface area contributed by atoms with Gasteiger partial charge in [-0.05, 0) is 51.6 Å². The Kier molecular flexibility index (Phi) is 6.69. The summed E-state index contributed by atoms with van der Waals surface area (Å²) in [4.78, 5) is 8.79. The molecule has 90 valence electrons. The first-order valence-electron chi connectivity index (χ1n) is 6.06. The normalized spacial score (nSPS) is 10.6. The number of nitrogens with zero attached hydrogens (tertiary/aromatic N) is 2. The van der Waals surface area contributed by atoms with Crippen molar-refractivity contribution in [3.63, 3.8) is 0 Å². The standard InChI is InChI=1S/C12H22N4/c13-7-3-1-5-11-9-16-12(10-15-11)6-2-4-8-14/h9-10H,1-8,13-14H2. The van der Waals surface area contributed by atoms with E-state index < -0.39 is 0 Å². The second-order valence-corrected chi connectivity index (χ2v) is 3.99. The lowest BCUT2D eigenvalue weighted by Crippen LogP contribution is -2.02. The molecule has 0 radical (unpaired) electrons. The maximum Gasteiger partial charge on any atom is 0.0586 e. The molecule has 0 aliphatic carbocycles. The number of rotatable bonds is 8. The number of aromatic nitrogens is 2. The molecule has 0 aromatic carbocycles. The van der Waals surface area contributed by atoms with Gasteiger partial charge in [0.1, 0.15) is 0 Å². The Morgan fingerprint density at radius 2 is 1.19 bits per heavy atom. The molecule has 0 atom stereocenters. The van der Waals surface area contributed by atoms with Gasteiger partial charge in [0.25, 0.3) is 0 Å². The van der Waals surface area contributed by atoms with Crippen molar-refractivity contribution in [1.82, 2.24) is 9.97 Å². The Morgan fingerprint density at radius 1 is 0.750 bits per heavy atom. The van der Waals surface area contributed by atoms with Gasteiger partial charge in [0.15, 0.2) is 0 Å². The third-order valence-corrected chi connectivity index (χ3v) is 2.53. The molecule has 0 unspecified atom stereocenters. The summed E-state index contributed by atoms with van der Waals surface area (Å²) in [5.41, 5.74) is 13.0. The van der Waals surface area contributed by atoms with Gasteiger partial charge in [0.2, 0.25) is 0 Å². The molecule has 0 aliphatic rings. The number of aryl methyl sites for hydroxylation is 2. The Balaban J connectivity index is 2.30. The summed E-state index contributed by atoms with van der Waals surface area (Å²) in [5.74, 6) is 0. The van der Waals surface area contributed by atoms with E-state index in [1.54, 1.807) is 0 Å². The summed E-state index contributed by atoms with van der Waals surface area (Å²) >= 11 is 0. The molecule has 0 aliphatic heterocycles. The average molecular weight is 222 g/mol. The second kappa shape index (κ2) is 8.19. The van der Waals surface area contributed by atoms with Crippen LogP contribution >= 0.6 is 0 Å². The topological polar surface area (TPSA) is 77.8 Å². The minimum atomic E-state index is 0.755. The average Bonchev–Trinajstić information content (AvgIpc) is 2.32. The van der Waals surface area contributed by atoms with Gasteiger partial charge in [0, 0.05) is 12.4 Å². The first kappa shape index (κ1) is 13.1. The molecule has 4 N–H and O–H groups in total. The number of hydrogen-bond donors (Lipinski definition) is 2. The molecule has 16 heavy (non-hydrogen) atoms. The predicted octanol–water partition coefficient (Wildman–Crippen LogP) is 1.04. The van der Waals surface area contributed by atoms with Crippen LogP contribution in [0.25, 0.3) is 0 Å². The van der Waals surface area contributed by atoms with Crippen molar-refractivity contribution < 1.29 is 0 Å². The fraction of sp³-hybridized carbons (Fsp3) is 0.667. The monoisotopic (exact) mass is 222 g/mol. The zero-order valence-corrected chi connectivity index (χ0v) is 9.86. The van der Waals surface area contributed by atoms with Gasteiger partial charge >= 0.3 is 0 Å². The molecular weight excluding hydrogens is 200 g/mol. The van der Waals surface area contributed by atoms with Crippen molar-refractivity contribution in [2.24, 2.45) is 11.5 Å². The second-order valence-electron chi connectivity index (χ2n) is 3.99. The number of hydrogen-bond acceptors (Lipinski definition) is 4. The van der Waals surface area contributed by atoms with Crippen LogP contribution in [0.15, 0.2) is 12.4 Å². The fourth-order valence-electron chi connectivity index (χ4n) is 1.54. The number of nitrogens with two attached hydrogens (primary N) is 2. The van der Waals surface area contributed by atoms with Crippen LogP contribution in [-0.4, -0.2) is 23.1 Å². The van der Waals surface area contributed by atoms with Crippen molar-refractivity contribution in [2.75, 3.05) is 13.1 Å². The van der Waals surface area contributed by atoms with E-state index in [0.717, 1.165) is 63.0 Å². The Hall–Kier alpha value is -1.00. The minimum Gasteiger partial charge on any atom is -0.330 e. The van der Waals surface area contributed by atoms with E-state index in [1.165, 1.54) is 0 Å². The molecule has 0 amide bonds. The van der Waals surface area contributed by atoms with Gasteiger partial charge in [-0.1, -0.05) is 0 Å². The van der Waals surface area contributed by atoms with Gasteiger partial charge < -0.3 is 11.5 Å². The van der Waals surface area contributed by atoms with E-state index in [0.29, 0.717) is 0 Å².